The summed E-state index contributed by atoms with van der Waals surface area (Å²) in [5, 5.41) is 8.16. The van der Waals surface area contributed by atoms with Crippen LogP contribution in [0.5, 0.6) is 0 Å². The van der Waals surface area contributed by atoms with Crippen LogP contribution in [0.3, 0.4) is 0 Å². The van der Waals surface area contributed by atoms with Crippen LogP contribution in [-0.2, 0) is 11.2 Å². The lowest BCUT2D eigenvalue weighted by molar-refractivity contribution is -0.187. The van der Waals surface area contributed by atoms with E-state index in [4.69, 9.17) is 5.73 Å². The largest absolute Gasteiger partial charge is 0.415 e. The monoisotopic (exact) mass is 251 g/mol. The van der Waals surface area contributed by atoms with Crippen LogP contribution in [0.2, 0.25) is 0 Å². The van der Waals surface area contributed by atoms with Crippen molar-refractivity contribution in [2.24, 2.45) is 5.73 Å². The van der Waals surface area contributed by atoms with Crippen LogP contribution >= 0.6 is 0 Å². The molecule has 4 N–H and O–H groups in total. The molecule has 0 aliphatic heterocycles. The summed E-state index contributed by atoms with van der Waals surface area (Å²) in [5.41, 5.74) is 2.03. The maximum Gasteiger partial charge on any atom is 0.415 e. The molecule has 0 spiro atoms. The molecule has 96 valence electrons. The molecule has 0 aliphatic carbocycles. The zero-order valence-corrected chi connectivity index (χ0v) is 9.01. The molecule has 17 heavy (non-hydrogen) atoms. The number of hydrogen-bond donors (Lipinski definition) is 3. The minimum Gasteiger partial charge on any atom is -0.354 e. The van der Waals surface area contributed by atoms with E-state index in [-0.39, 0.29) is 13.0 Å². The Kier molecular flexibility index (Phi) is 3.71. The number of amides is 1. The number of aromatic nitrogens is 3. The van der Waals surface area contributed by atoms with E-state index in [0.29, 0.717) is 12.7 Å². The van der Waals surface area contributed by atoms with Crippen molar-refractivity contribution in [2.45, 2.75) is 25.1 Å². The molecule has 1 rings (SSSR count). The van der Waals surface area contributed by atoms with Gasteiger partial charge in [0, 0.05) is 13.0 Å². The zero-order valence-electron chi connectivity index (χ0n) is 9.01. The quantitative estimate of drug-likeness (QED) is 0.687. The summed E-state index contributed by atoms with van der Waals surface area (Å²) in [6.07, 6.45) is -3.27. The van der Waals surface area contributed by atoms with E-state index in [9.17, 15) is 18.0 Å². The first-order valence-electron chi connectivity index (χ1n) is 4.73. The highest BCUT2D eigenvalue weighted by Gasteiger charge is 2.53. The number of halogens is 3. The molecule has 6 nitrogen and oxygen atoms in total. The second-order valence-electron chi connectivity index (χ2n) is 3.64. The summed E-state index contributed by atoms with van der Waals surface area (Å²) in [4.78, 5) is 15.0. The maximum absolute atomic E-state index is 12.4. The molecule has 1 aromatic heterocycles. The van der Waals surface area contributed by atoms with Crippen molar-refractivity contribution in [3.63, 3.8) is 0 Å². The fourth-order valence-corrected chi connectivity index (χ4v) is 0.958. The van der Waals surface area contributed by atoms with E-state index in [1.54, 1.807) is 0 Å². The molecule has 1 amide bonds. The first-order chi connectivity index (χ1) is 7.75. The highest BCUT2D eigenvalue weighted by atomic mass is 19.4. The SMILES string of the molecule is CC(N)(C(=O)NCCc1ncn[nH]1)C(F)(F)F. The topological polar surface area (TPSA) is 96.7 Å². The van der Waals surface area contributed by atoms with Crippen molar-refractivity contribution in [3.05, 3.63) is 12.2 Å². The molecular formula is C8H12F3N5O. The molecule has 1 aromatic rings. The van der Waals surface area contributed by atoms with E-state index < -0.39 is 17.6 Å². The van der Waals surface area contributed by atoms with E-state index in [1.165, 1.54) is 6.33 Å². The second kappa shape index (κ2) is 4.70. The Morgan fingerprint density at radius 3 is 2.71 bits per heavy atom. The van der Waals surface area contributed by atoms with Crippen molar-refractivity contribution in [2.75, 3.05) is 6.54 Å². The van der Waals surface area contributed by atoms with E-state index in [2.05, 4.69) is 20.5 Å². The first-order valence-corrected chi connectivity index (χ1v) is 4.73. The number of H-pyrrole nitrogens is 1. The molecule has 0 fully saturated rings. The highest BCUT2D eigenvalue weighted by molar-refractivity contribution is 5.86. The predicted octanol–water partition coefficient (Wildman–Crippen LogP) is -0.257. The van der Waals surface area contributed by atoms with Crippen molar-refractivity contribution in [3.8, 4) is 0 Å². The molecule has 0 saturated heterocycles. The number of carbonyl (C=O) groups is 1. The average molecular weight is 251 g/mol. The number of alkyl halides is 3. The fraction of sp³-hybridized carbons (Fsp3) is 0.625. The third-order valence-corrected chi connectivity index (χ3v) is 2.17. The van der Waals surface area contributed by atoms with Gasteiger partial charge in [0.1, 0.15) is 12.2 Å². The second-order valence-corrected chi connectivity index (χ2v) is 3.64. The molecule has 0 radical (unpaired) electrons. The fourth-order valence-electron chi connectivity index (χ4n) is 0.958. The molecule has 1 unspecified atom stereocenters. The zero-order chi connectivity index (χ0) is 13.1. The van der Waals surface area contributed by atoms with Gasteiger partial charge in [-0.3, -0.25) is 9.89 Å². The minimum atomic E-state index is -4.79. The van der Waals surface area contributed by atoms with Gasteiger partial charge in [-0.2, -0.15) is 18.3 Å². The van der Waals surface area contributed by atoms with Crippen LogP contribution in [-0.4, -0.2) is 39.3 Å². The van der Waals surface area contributed by atoms with Gasteiger partial charge in [-0.25, -0.2) is 4.98 Å². The summed E-state index contributed by atoms with van der Waals surface area (Å²) in [6, 6.07) is 0. The summed E-state index contributed by atoms with van der Waals surface area (Å²) in [7, 11) is 0. The van der Waals surface area contributed by atoms with Crippen LogP contribution in [0.15, 0.2) is 6.33 Å². The van der Waals surface area contributed by atoms with Crippen molar-refractivity contribution in [1.29, 1.82) is 0 Å². The van der Waals surface area contributed by atoms with Gasteiger partial charge in [-0.15, -0.1) is 0 Å². The Morgan fingerprint density at radius 2 is 2.24 bits per heavy atom. The van der Waals surface area contributed by atoms with Gasteiger partial charge >= 0.3 is 6.18 Å². The van der Waals surface area contributed by atoms with Crippen LogP contribution in [0.1, 0.15) is 12.7 Å². The van der Waals surface area contributed by atoms with Gasteiger partial charge in [-0.05, 0) is 6.92 Å². The number of nitrogens with one attached hydrogen (secondary N) is 2. The first kappa shape index (κ1) is 13.4. The van der Waals surface area contributed by atoms with E-state index >= 15 is 0 Å². The van der Waals surface area contributed by atoms with Gasteiger partial charge < -0.3 is 11.1 Å². The maximum atomic E-state index is 12.4. The van der Waals surface area contributed by atoms with E-state index in [0.717, 1.165) is 0 Å². The van der Waals surface area contributed by atoms with Gasteiger partial charge in [0.15, 0.2) is 5.54 Å². The third-order valence-electron chi connectivity index (χ3n) is 2.17. The van der Waals surface area contributed by atoms with Crippen LogP contribution in [0.4, 0.5) is 13.2 Å². The Bertz CT molecular complexity index is 373. The lowest BCUT2D eigenvalue weighted by Gasteiger charge is -2.25. The predicted molar refractivity (Wildman–Crippen MR) is 51.7 cm³/mol. The molecule has 0 bridgehead atoms. The molecule has 1 heterocycles. The number of rotatable bonds is 4. The number of nitrogens with zero attached hydrogens (tertiary/aromatic N) is 2. The number of aromatic amines is 1. The number of nitrogens with two attached hydrogens (primary N) is 1. The normalized spacial score (nSPS) is 15.4. The van der Waals surface area contributed by atoms with E-state index in [1.807, 2.05) is 0 Å². The van der Waals surface area contributed by atoms with Crippen molar-refractivity contribution < 1.29 is 18.0 Å². The summed E-state index contributed by atoms with van der Waals surface area (Å²) in [6.45, 7) is 0.619. The van der Waals surface area contributed by atoms with Crippen LogP contribution in [0.25, 0.3) is 0 Å². The van der Waals surface area contributed by atoms with Gasteiger partial charge in [-0.1, -0.05) is 0 Å². The van der Waals surface area contributed by atoms with Crippen LogP contribution in [0, 0.1) is 0 Å². The third kappa shape index (κ3) is 3.16. The average Bonchev–Trinajstić information content (AvgIpc) is 2.68. The highest BCUT2D eigenvalue weighted by Crippen LogP contribution is 2.27. The lowest BCUT2D eigenvalue weighted by atomic mass is 10.0. The number of carbonyl (C=O) groups excluding carboxylic acids is 1. The molecule has 0 saturated carbocycles. The Morgan fingerprint density at radius 1 is 1.59 bits per heavy atom. The Balaban J connectivity index is 2.45. The minimum absolute atomic E-state index is 0.00308. The summed E-state index contributed by atoms with van der Waals surface area (Å²) in [5.74, 6) is -0.805. The molecular weight excluding hydrogens is 239 g/mol. The summed E-state index contributed by atoms with van der Waals surface area (Å²) >= 11 is 0. The lowest BCUT2D eigenvalue weighted by Crippen LogP contribution is -2.61. The Hall–Kier alpha value is -1.64. The molecule has 0 aliphatic rings. The van der Waals surface area contributed by atoms with Gasteiger partial charge in [0.2, 0.25) is 5.91 Å². The van der Waals surface area contributed by atoms with Gasteiger partial charge in [0.25, 0.3) is 0 Å². The summed E-state index contributed by atoms with van der Waals surface area (Å²) < 4.78 is 37.1. The standard InChI is InChI=1S/C8H12F3N5O/c1-7(12,8(9,10)11)6(17)13-3-2-5-14-4-15-16-5/h4H,2-3,12H2,1H3,(H,13,17)(H,14,15,16). The van der Waals surface area contributed by atoms with Crippen molar-refractivity contribution in [1.82, 2.24) is 20.5 Å². The number of hydrogen-bond acceptors (Lipinski definition) is 4. The van der Waals surface area contributed by atoms with Gasteiger partial charge in [0.05, 0.1) is 0 Å². The van der Waals surface area contributed by atoms with Crippen LogP contribution < -0.4 is 11.1 Å². The molecule has 9 heteroatoms. The smallest absolute Gasteiger partial charge is 0.354 e. The Labute approximate surface area is 94.8 Å². The molecule has 0 aromatic carbocycles. The van der Waals surface area contributed by atoms with Crippen molar-refractivity contribution >= 4 is 5.91 Å². The molecule has 1 atom stereocenters.